The number of carbonyl (C=O) groups excluding carboxylic acids is 1. The molecule has 0 saturated carbocycles. The van der Waals surface area contributed by atoms with Gasteiger partial charge in [-0.1, -0.05) is 46.8 Å². The first-order chi connectivity index (χ1) is 22.3. The van der Waals surface area contributed by atoms with Gasteiger partial charge < -0.3 is 23.4 Å². The maximum absolute atomic E-state index is 13.7. The molecule has 1 unspecified atom stereocenters. The lowest BCUT2D eigenvalue weighted by Gasteiger charge is -2.48. The lowest BCUT2D eigenvalue weighted by molar-refractivity contribution is -0.156. The third kappa shape index (κ3) is 6.38. The van der Waals surface area contributed by atoms with Crippen LogP contribution in [0.4, 0.5) is 13.2 Å². The number of benzene rings is 1. The van der Waals surface area contributed by atoms with Gasteiger partial charge in [-0.25, -0.2) is 0 Å². The van der Waals surface area contributed by atoms with Gasteiger partial charge in [0.05, 0.1) is 28.7 Å². The summed E-state index contributed by atoms with van der Waals surface area (Å²) in [4.78, 5) is 18.2. The van der Waals surface area contributed by atoms with Gasteiger partial charge in [-0.3, -0.25) is 9.78 Å². The molecule has 48 heavy (non-hydrogen) atoms. The van der Waals surface area contributed by atoms with Crippen LogP contribution in [-0.2, 0) is 39.9 Å². The SMILES string of the molecule is CC(=O)O[C@H]1c2nc(C3CCOCC3)c3c(c2C(O[Si](C)(C)C(C)(C)C)CC1(C)C)C1(CCOCC1)O[C@@H]3c1ccc(C(F)(F)F)cc1. The summed E-state index contributed by atoms with van der Waals surface area (Å²) in [5.41, 5.74) is 3.12. The Hall–Kier alpha value is -2.31. The molecule has 7 nitrogen and oxygen atoms in total. The summed E-state index contributed by atoms with van der Waals surface area (Å²) in [6.45, 7) is 18.9. The molecule has 1 aromatic carbocycles. The summed E-state index contributed by atoms with van der Waals surface area (Å²) in [5, 5.41) is -0.0711. The van der Waals surface area contributed by atoms with Crippen LogP contribution in [0.25, 0.3) is 0 Å². The quantitative estimate of drug-likeness (QED) is 0.229. The Morgan fingerprint density at radius 1 is 0.938 bits per heavy atom. The maximum Gasteiger partial charge on any atom is 0.416 e. The van der Waals surface area contributed by atoms with Crippen LogP contribution in [0.1, 0.15) is 137 Å². The summed E-state index contributed by atoms with van der Waals surface area (Å²) < 4.78 is 73.3. The van der Waals surface area contributed by atoms with Gasteiger partial charge >= 0.3 is 12.1 Å². The zero-order chi connectivity index (χ0) is 34.9. The Balaban J connectivity index is 1.66. The number of halogens is 3. The van der Waals surface area contributed by atoms with Gasteiger partial charge in [-0.15, -0.1) is 0 Å². The minimum Gasteiger partial charge on any atom is -0.455 e. The number of alkyl halides is 3. The molecule has 4 aliphatic rings. The minimum atomic E-state index is -4.45. The number of rotatable bonds is 5. The van der Waals surface area contributed by atoms with E-state index in [1.165, 1.54) is 19.1 Å². The topological polar surface area (TPSA) is 76.1 Å². The van der Waals surface area contributed by atoms with E-state index in [0.717, 1.165) is 47.4 Å². The van der Waals surface area contributed by atoms with Crippen molar-refractivity contribution in [3.05, 3.63) is 63.5 Å². The van der Waals surface area contributed by atoms with Crippen molar-refractivity contribution in [1.82, 2.24) is 4.98 Å². The smallest absolute Gasteiger partial charge is 0.416 e. The van der Waals surface area contributed by atoms with Crippen molar-refractivity contribution in [3.63, 3.8) is 0 Å². The molecule has 0 N–H and O–H groups in total. The highest BCUT2D eigenvalue weighted by Gasteiger charge is 2.56. The van der Waals surface area contributed by atoms with E-state index in [2.05, 4.69) is 47.7 Å². The second-order valence-electron chi connectivity index (χ2n) is 16.2. The van der Waals surface area contributed by atoms with E-state index >= 15 is 0 Å². The average Bonchev–Trinajstić information content (AvgIpc) is 3.32. The maximum atomic E-state index is 13.7. The van der Waals surface area contributed by atoms with Crippen LogP contribution in [0.15, 0.2) is 24.3 Å². The molecule has 264 valence electrons. The molecule has 1 aromatic heterocycles. The van der Waals surface area contributed by atoms with E-state index in [1.807, 2.05) is 0 Å². The van der Waals surface area contributed by atoms with E-state index in [4.69, 9.17) is 28.4 Å². The highest BCUT2D eigenvalue weighted by atomic mass is 28.4. The number of ether oxygens (including phenoxy) is 4. The Morgan fingerprint density at radius 2 is 1.54 bits per heavy atom. The lowest BCUT2D eigenvalue weighted by atomic mass is 9.68. The second kappa shape index (κ2) is 12.5. The Bertz CT molecular complexity index is 1520. The number of esters is 1. The van der Waals surface area contributed by atoms with Crippen LogP contribution in [0.3, 0.4) is 0 Å². The van der Waals surface area contributed by atoms with E-state index in [-0.39, 0.29) is 23.0 Å². The van der Waals surface area contributed by atoms with Gasteiger partial charge in [0.2, 0.25) is 0 Å². The van der Waals surface area contributed by atoms with Gasteiger partial charge in [-0.2, -0.15) is 13.2 Å². The van der Waals surface area contributed by atoms with Crippen LogP contribution >= 0.6 is 0 Å². The largest absolute Gasteiger partial charge is 0.455 e. The van der Waals surface area contributed by atoms with Crippen molar-refractivity contribution in [2.45, 2.75) is 128 Å². The van der Waals surface area contributed by atoms with Crippen molar-refractivity contribution in [2.75, 3.05) is 26.4 Å². The van der Waals surface area contributed by atoms with Crippen LogP contribution in [-0.4, -0.2) is 45.7 Å². The molecular formula is C37H50F3NO6Si. The molecule has 0 radical (unpaired) electrons. The van der Waals surface area contributed by atoms with Crippen LogP contribution in [0.5, 0.6) is 0 Å². The molecule has 1 aliphatic carbocycles. The molecule has 3 atom stereocenters. The third-order valence-electron chi connectivity index (χ3n) is 11.4. The van der Waals surface area contributed by atoms with E-state index in [9.17, 15) is 18.0 Å². The molecule has 2 saturated heterocycles. The first-order valence-corrected chi connectivity index (χ1v) is 20.2. The van der Waals surface area contributed by atoms with E-state index in [1.54, 1.807) is 0 Å². The summed E-state index contributed by atoms with van der Waals surface area (Å²) in [5.74, 6) is -0.339. The predicted molar refractivity (Wildman–Crippen MR) is 177 cm³/mol. The van der Waals surface area contributed by atoms with Crippen molar-refractivity contribution in [1.29, 1.82) is 0 Å². The molecular weight excluding hydrogens is 639 g/mol. The molecule has 1 spiro atoms. The molecule has 2 aromatic rings. The number of pyridine rings is 1. The Labute approximate surface area is 283 Å². The van der Waals surface area contributed by atoms with Crippen LogP contribution in [0.2, 0.25) is 18.1 Å². The lowest BCUT2D eigenvalue weighted by Crippen LogP contribution is -2.46. The standard InChI is InChI=1S/C37H50F3NO6Si/c1-22(42)45-33-31-27(26(21-35(33,5)6)47-48(7,8)34(2,3)4)29-28(30(41-31)23-13-17-43-18-14-23)32(46-36(29)15-19-44-20-16-36)24-9-11-25(12-10-24)37(38,39)40/h9-12,23,26,32-33H,13-21H2,1-8H3/t26?,32-,33+/m1/s1. The summed E-state index contributed by atoms with van der Waals surface area (Å²) in [7, 11) is -2.35. The molecule has 6 rings (SSSR count). The predicted octanol–water partition coefficient (Wildman–Crippen LogP) is 9.22. The van der Waals surface area contributed by atoms with Crippen molar-refractivity contribution >= 4 is 14.3 Å². The number of nitrogens with zero attached hydrogens (tertiary/aromatic N) is 1. The fraction of sp³-hybridized carbons (Fsp3) is 0.676. The summed E-state index contributed by atoms with van der Waals surface area (Å²) >= 11 is 0. The van der Waals surface area contributed by atoms with Gasteiger partial charge in [0, 0.05) is 68.7 Å². The molecule has 0 amide bonds. The molecule has 11 heteroatoms. The average molecular weight is 690 g/mol. The fourth-order valence-electron chi connectivity index (χ4n) is 7.78. The van der Waals surface area contributed by atoms with Crippen LogP contribution in [0, 0.1) is 5.41 Å². The summed E-state index contributed by atoms with van der Waals surface area (Å²) in [6.07, 6.45) is -2.78. The molecule has 4 heterocycles. The van der Waals surface area contributed by atoms with Crippen molar-refractivity contribution in [3.8, 4) is 0 Å². The van der Waals surface area contributed by atoms with E-state index < -0.39 is 43.3 Å². The zero-order valence-electron chi connectivity index (χ0n) is 29.5. The van der Waals surface area contributed by atoms with Gasteiger partial charge in [-0.05, 0) is 60.7 Å². The molecule has 2 fully saturated rings. The zero-order valence-corrected chi connectivity index (χ0v) is 30.5. The fourth-order valence-corrected chi connectivity index (χ4v) is 9.05. The van der Waals surface area contributed by atoms with E-state index in [0.29, 0.717) is 56.9 Å². The molecule has 0 bridgehead atoms. The van der Waals surface area contributed by atoms with Gasteiger partial charge in [0.25, 0.3) is 0 Å². The van der Waals surface area contributed by atoms with Gasteiger partial charge in [0.15, 0.2) is 8.32 Å². The number of fused-ring (bicyclic) bond motifs is 4. The second-order valence-corrected chi connectivity index (χ2v) is 21.0. The monoisotopic (exact) mass is 689 g/mol. The number of hydrogen-bond donors (Lipinski definition) is 0. The number of carbonyl (C=O) groups is 1. The van der Waals surface area contributed by atoms with Crippen molar-refractivity contribution in [2.24, 2.45) is 5.41 Å². The van der Waals surface area contributed by atoms with Crippen molar-refractivity contribution < 1.29 is 41.3 Å². The molecule has 3 aliphatic heterocycles. The first kappa shape index (κ1) is 35.5. The highest BCUT2D eigenvalue weighted by Crippen LogP contribution is 2.61. The highest BCUT2D eigenvalue weighted by molar-refractivity contribution is 6.74. The van der Waals surface area contributed by atoms with Crippen LogP contribution < -0.4 is 0 Å². The normalized spacial score (nSPS) is 25.9. The summed E-state index contributed by atoms with van der Waals surface area (Å²) in [6, 6.07) is 5.35. The third-order valence-corrected chi connectivity index (χ3v) is 15.8. The minimum absolute atomic E-state index is 0.0381. The number of aromatic nitrogens is 1. The number of hydrogen-bond acceptors (Lipinski definition) is 7. The van der Waals surface area contributed by atoms with Gasteiger partial charge in [0.1, 0.15) is 12.2 Å². The first-order valence-electron chi connectivity index (χ1n) is 17.3. The Kier molecular flexibility index (Phi) is 9.23. The Morgan fingerprint density at radius 3 is 2.10 bits per heavy atom.